The highest BCUT2D eigenvalue weighted by atomic mass is 16.2. The largest absolute Gasteiger partial charge is 0.366 e. The Bertz CT molecular complexity index is 836. The number of rotatable bonds is 6. The fourth-order valence-electron chi connectivity index (χ4n) is 3.71. The van der Waals surface area contributed by atoms with Gasteiger partial charge in [-0.2, -0.15) is 0 Å². The molecule has 0 bridgehead atoms. The second kappa shape index (κ2) is 8.89. The average molecular weight is 380 g/mol. The molecular formula is C22H28N4O2. The minimum Gasteiger partial charge on any atom is -0.366 e. The lowest BCUT2D eigenvalue weighted by Gasteiger charge is -2.26. The Morgan fingerprint density at radius 2 is 1.93 bits per heavy atom. The number of hydrogen-bond donors (Lipinski definition) is 2. The lowest BCUT2D eigenvalue weighted by molar-refractivity contribution is 0.1000. The molecule has 1 aliphatic rings. The van der Waals surface area contributed by atoms with E-state index in [0.29, 0.717) is 17.8 Å². The van der Waals surface area contributed by atoms with Crippen LogP contribution in [0.5, 0.6) is 0 Å². The number of carbonyl (C=O) groups excluding carboxylic acids is 2. The summed E-state index contributed by atoms with van der Waals surface area (Å²) in [6.45, 7) is 1.39. The molecule has 3 N–H and O–H groups in total. The van der Waals surface area contributed by atoms with E-state index in [0.717, 1.165) is 31.4 Å². The maximum atomic E-state index is 13.0. The third kappa shape index (κ3) is 4.89. The molecule has 0 unspecified atom stereocenters. The van der Waals surface area contributed by atoms with Gasteiger partial charge in [0.05, 0.1) is 0 Å². The summed E-state index contributed by atoms with van der Waals surface area (Å²) in [5, 5.41) is 3.02. The van der Waals surface area contributed by atoms with Gasteiger partial charge in [0, 0.05) is 30.4 Å². The van der Waals surface area contributed by atoms with Crippen molar-refractivity contribution in [1.82, 2.24) is 9.80 Å². The quantitative estimate of drug-likeness (QED) is 0.808. The van der Waals surface area contributed by atoms with E-state index in [1.54, 1.807) is 12.1 Å². The van der Waals surface area contributed by atoms with Crippen LogP contribution in [-0.2, 0) is 13.0 Å². The Morgan fingerprint density at radius 3 is 2.61 bits per heavy atom. The molecule has 148 valence electrons. The number of nitrogens with two attached hydrogens (primary N) is 1. The van der Waals surface area contributed by atoms with Gasteiger partial charge in [0.25, 0.3) is 0 Å². The van der Waals surface area contributed by atoms with Crippen LogP contribution in [-0.4, -0.2) is 48.4 Å². The third-order valence-electron chi connectivity index (χ3n) is 5.07. The summed E-state index contributed by atoms with van der Waals surface area (Å²) in [6, 6.07) is 15.5. The molecule has 0 aliphatic carbocycles. The lowest BCUT2D eigenvalue weighted by atomic mass is 10.0. The molecule has 2 aromatic rings. The smallest absolute Gasteiger partial charge is 0.322 e. The molecule has 2 aromatic carbocycles. The van der Waals surface area contributed by atoms with E-state index in [9.17, 15) is 9.59 Å². The Kier molecular flexibility index (Phi) is 6.31. The zero-order chi connectivity index (χ0) is 20.1. The van der Waals surface area contributed by atoms with Crippen LogP contribution >= 0.6 is 0 Å². The summed E-state index contributed by atoms with van der Waals surface area (Å²) in [7, 11) is 3.92. The van der Waals surface area contributed by atoms with Crippen LogP contribution in [0.4, 0.5) is 10.5 Å². The normalized spacial score (nSPS) is 16.4. The van der Waals surface area contributed by atoms with Crippen LogP contribution in [0.3, 0.4) is 0 Å². The summed E-state index contributed by atoms with van der Waals surface area (Å²) in [5.41, 5.74) is 8.63. The van der Waals surface area contributed by atoms with Crippen molar-refractivity contribution < 1.29 is 9.59 Å². The van der Waals surface area contributed by atoms with Gasteiger partial charge in [-0.05, 0) is 56.6 Å². The molecule has 0 aromatic heterocycles. The fraction of sp³-hybridized carbons (Fsp3) is 0.364. The summed E-state index contributed by atoms with van der Waals surface area (Å²) >= 11 is 0. The van der Waals surface area contributed by atoms with Gasteiger partial charge in [-0.15, -0.1) is 0 Å². The Hall–Kier alpha value is -2.86. The van der Waals surface area contributed by atoms with Gasteiger partial charge < -0.3 is 20.9 Å². The van der Waals surface area contributed by atoms with Crippen molar-refractivity contribution >= 4 is 17.6 Å². The van der Waals surface area contributed by atoms with E-state index in [2.05, 4.69) is 17.4 Å². The predicted molar refractivity (Wildman–Crippen MR) is 111 cm³/mol. The molecular weight excluding hydrogens is 352 g/mol. The zero-order valence-corrected chi connectivity index (χ0v) is 16.5. The van der Waals surface area contributed by atoms with Crippen LogP contribution < -0.4 is 11.1 Å². The zero-order valence-electron chi connectivity index (χ0n) is 16.5. The highest BCUT2D eigenvalue weighted by molar-refractivity contribution is 5.96. The molecule has 1 aliphatic heterocycles. The van der Waals surface area contributed by atoms with Gasteiger partial charge in [-0.25, -0.2) is 4.79 Å². The average Bonchev–Trinajstić information content (AvgIpc) is 3.11. The second-order valence-corrected chi connectivity index (χ2v) is 7.58. The Morgan fingerprint density at radius 1 is 1.18 bits per heavy atom. The van der Waals surface area contributed by atoms with Crippen LogP contribution in [0.1, 0.15) is 34.3 Å². The number of carbonyl (C=O) groups is 2. The molecule has 6 heteroatoms. The molecule has 6 nitrogen and oxygen atoms in total. The lowest BCUT2D eigenvalue weighted by Crippen LogP contribution is -2.40. The topological polar surface area (TPSA) is 78.7 Å². The SMILES string of the molecule is CN(C)Cc1ccc(C(N)=O)cc1NC(=O)N1CCC[C@H]1Cc1ccccc1. The van der Waals surface area contributed by atoms with Crippen molar-refractivity contribution in [2.75, 3.05) is 26.0 Å². The van der Waals surface area contributed by atoms with Gasteiger partial charge in [-0.1, -0.05) is 36.4 Å². The molecule has 3 rings (SSSR count). The number of nitrogens with one attached hydrogen (secondary N) is 1. The van der Waals surface area contributed by atoms with Crippen molar-refractivity contribution in [3.63, 3.8) is 0 Å². The van der Waals surface area contributed by atoms with Crippen LogP contribution in [0.2, 0.25) is 0 Å². The summed E-state index contributed by atoms with van der Waals surface area (Å²) < 4.78 is 0. The molecule has 1 saturated heterocycles. The van der Waals surface area contributed by atoms with Gasteiger partial charge >= 0.3 is 6.03 Å². The number of hydrogen-bond acceptors (Lipinski definition) is 3. The summed E-state index contributed by atoms with van der Waals surface area (Å²) in [5.74, 6) is -0.505. The number of nitrogens with zero attached hydrogens (tertiary/aromatic N) is 2. The molecule has 1 fully saturated rings. The van der Waals surface area contributed by atoms with Gasteiger partial charge in [0.15, 0.2) is 0 Å². The first kappa shape index (κ1) is 19.9. The first-order valence-electron chi connectivity index (χ1n) is 9.63. The number of benzene rings is 2. The molecule has 0 radical (unpaired) electrons. The number of primary amides is 1. The molecule has 0 saturated carbocycles. The van der Waals surface area contributed by atoms with E-state index in [1.165, 1.54) is 5.56 Å². The molecule has 3 amide bonds. The molecule has 0 spiro atoms. The van der Waals surface area contributed by atoms with Crippen LogP contribution in [0.15, 0.2) is 48.5 Å². The Balaban J connectivity index is 1.77. The maximum Gasteiger partial charge on any atom is 0.322 e. The van der Waals surface area contributed by atoms with Gasteiger partial charge in [0.1, 0.15) is 0 Å². The second-order valence-electron chi connectivity index (χ2n) is 7.58. The van der Waals surface area contributed by atoms with Crippen molar-refractivity contribution in [3.05, 3.63) is 65.2 Å². The van der Waals surface area contributed by atoms with Gasteiger partial charge in [0.2, 0.25) is 5.91 Å². The number of anilines is 1. The van der Waals surface area contributed by atoms with E-state index < -0.39 is 5.91 Å². The van der Waals surface area contributed by atoms with Crippen LogP contribution in [0, 0.1) is 0 Å². The molecule has 1 atom stereocenters. The highest BCUT2D eigenvalue weighted by Gasteiger charge is 2.29. The van der Waals surface area contributed by atoms with Crippen LogP contribution in [0.25, 0.3) is 0 Å². The highest BCUT2D eigenvalue weighted by Crippen LogP contribution is 2.24. The minimum atomic E-state index is -0.505. The number of urea groups is 1. The van der Waals surface area contributed by atoms with E-state index in [-0.39, 0.29) is 12.1 Å². The van der Waals surface area contributed by atoms with E-state index in [4.69, 9.17) is 5.73 Å². The van der Waals surface area contributed by atoms with E-state index >= 15 is 0 Å². The van der Waals surface area contributed by atoms with Gasteiger partial charge in [-0.3, -0.25) is 4.79 Å². The predicted octanol–water partition coefficient (Wildman–Crippen LogP) is 3.09. The monoisotopic (exact) mass is 380 g/mol. The Labute approximate surface area is 166 Å². The van der Waals surface area contributed by atoms with Crippen molar-refractivity contribution in [3.8, 4) is 0 Å². The number of amides is 3. The first-order valence-corrected chi connectivity index (χ1v) is 9.63. The van der Waals surface area contributed by atoms with Crippen molar-refractivity contribution in [2.24, 2.45) is 5.73 Å². The van der Waals surface area contributed by atoms with E-state index in [1.807, 2.05) is 48.2 Å². The summed E-state index contributed by atoms with van der Waals surface area (Å²) in [6.07, 6.45) is 2.84. The minimum absolute atomic E-state index is 0.125. The standard InChI is InChI=1S/C22H28N4O2/c1-25(2)15-18-11-10-17(21(23)27)14-20(18)24-22(28)26-12-6-9-19(26)13-16-7-4-3-5-8-16/h3-5,7-8,10-11,14,19H,6,9,12-13,15H2,1-2H3,(H2,23,27)(H,24,28)/t19-/m0/s1. The van der Waals surface area contributed by atoms with Crippen molar-refractivity contribution in [2.45, 2.75) is 31.8 Å². The maximum absolute atomic E-state index is 13.0. The fourth-order valence-corrected chi connectivity index (χ4v) is 3.71. The number of likely N-dealkylation sites (tertiary alicyclic amines) is 1. The van der Waals surface area contributed by atoms with Crippen molar-refractivity contribution in [1.29, 1.82) is 0 Å². The molecule has 28 heavy (non-hydrogen) atoms. The first-order chi connectivity index (χ1) is 13.4. The third-order valence-corrected chi connectivity index (χ3v) is 5.07. The summed E-state index contributed by atoms with van der Waals surface area (Å²) in [4.78, 5) is 28.5. The molecule has 1 heterocycles.